The molecule has 218 valence electrons. The average molecular weight is 601 g/mol. The number of guanidine groups is 2. The van der Waals surface area contributed by atoms with Gasteiger partial charge < -0.3 is 5.73 Å². The van der Waals surface area contributed by atoms with Crippen LogP contribution >= 0.6 is 17.2 Å². The standard InChI is InChI=1S/C34H39ClN5OP/c1-40(2)34-38-32(37-33(36)39-34)27-21-23-28(24-22-27)41-25-13-6-14-26-42(35,29-15-7-3-8-16-29,30-17-9-4-10-18-30)31-19-11-5-12-20-31/h3-5,7-12,15-24,32H,6,13-14,25-26H2,1-2H3,(H3,36,37,38,39)/p+1. The number of hydrogen-bond acceptors (Lipinski definition) is 3. The van der Waals surface area contributed by atoms with Crippen LogP contribution in [0.15, 0.2) is 120 Å². The van der Waals surface area contributed by atoms with E-state index in [0.717, 1.165) is 42.7 Å². The molecule has 0 spiro atoms. The molecule has 1 heterocycles. The summed E-state index contributed by atoms with van der Waals surface area (Å²) < 4.78 is 8.05. The predicted octanol–water partition coefficient (Wildman–Crippen LogP) is 5.05. The summed E-state index contributed by atoms with van der Waals surface area (Å²) in [6, 6.07) is 40.1. The topological polar surface area (TPSA) is 74.7 Å². The summed E-state index contributed by atoms with van der Waals surface area (Å²) in [5, 5.41) is 10.0. The summed E-state index contributed by atoms with van der Waals surface area (Å²) in [7, 11) is 3.89. The van der Waals surface area contributed by atoms with E-state index in [1.165, 1.54) is 15.9 Å². The van der Waals surface area contributed by atoms with Crippen molar-refractivity contribution in [2.75, 3.05) is 26.9 Å². The van der Waals surface area contributed by atoms with Gasteiger partial charge in [-0.05, 0) is 0 Å². The van der Waals surface area contributed by atoms with Crippen molar-refractivity contribution in [2.45, 2.75) is 25.4 Å². The Morgan fingerprint density at radius 2 is 1.29 bits per heavy atom. The molecule has 0 radical (unpaired) electrons. The summed E-state index contributed by atoms with van der Waals surface area (Å²) in [6.45, 7) is 0.648. The van der Waals surface area contributed by atoms with Crippen LogP contribution in [0.3, 0.4) is 0 Å². The second-order valence-corrected chi connectivity index (χ2v) is 17.4. The summed E-state index contributed by atoms with van der Waals surface area (Å²) in [4.78, 5) is 4.48. The summed E-state index contributed by atoms with van der Waals surface area (Å²) in [5.41, 5.74) is 7.00. The number of aliphatic imine (C=N–C) groups is 1. The molecule has 0 saturated carbocycles. The number of halogens is 1. The molecule has 0 aliphatic carbocycles. The molecule has 4 aromatic rings. The van der Waals surface area contributed by atoms with Crippen molar-refractivity contribution in [2.24, 2.45) is 10.7 Å². The van der Waals surface area contributed by atoms with E-state index in [-0.39, 0.29) is 6.17 Å². The molecule has 0 fully saturated rings. The molecule has 1 aliphatic heterocycles. The van der Waals surface area contributed by atoms with Gasteiger partial charge in [-0.2, -0.15) is 0 Å². The maximum absolute atomic E-state index is 8.17. The van der Waals surface area contributed by atoms with Crippen molar-refractivity contribution in [1.29, 1.82) is 0 Å². The number of rotatable bonds is 11. The van der Waals surface area contributed by atoms with Crippen molar-refractivity contribution in [3.63, 3.8) is 0 Å². The molecule has 1 atom stereocenters. The fourth-order valence-corrected chi connectivity index (χ4v) is 11.8. The second kappa shape index (κ2) is 13.0. The Labute approximate surface area is 254 Å². The van der Waals surface area contributed by atoms with Gasteiger partial charge in [0, 0.05) is 0 Å². The Kier molecular flexibility index (Phi) is 9.15. The monoisotopic (exact) mass is 600 g/mol. The number of hydrogen-bond donors (Lipinski definition) is 3. The van der Waals surface area contributed by atoms with Gasteiger partial charge in [-0.3, -0.25) is 4.58 Å². The average Bonchev–Trinajstić information content (AvgIpc) is 3.04. The normalized spacial score (nSPS) is 15.9. The van der Waals surface area contributed by atoms with Gasteiger partial charge in [0.05, 0.1) is 14.1 Å². The van der Waals surface area contributed by atoms with Crippen molar-refractivity contribution in [3.05, 3.63) is 121 Å². The van der Waals surface area contributed by atoms with Crippen LogP contribution in [0.4, 0.5) is 0 Å². The van der Waals surface area contributed by atoms with E-state index in [4.69, 9.17) is 21.7 Å². The molecule has 1 aliphatic rings. The number of nitrogens with zero attached hydrogens (tertiary/aromatic N) is 2. The van der Waals surface area contributed by atoms with E-state index in [0.29, 0.717) is 12.6 Å². The van der Waals surface area contributed by atoms with Crippen molar-refractivity contribution >= 4 is 45.0 Å². The molecule has 5 rings (SSSR count). The van der Waals surface area contributed by atoms with Crippen molar-refractivity contribution in [1.82, 2.24) is 10.6 Å². The van der Waals surface area contributed by atoms with Gasteiger partial charge >= 0.3 is 219 Å². The summed E-state index contributed by atoms with van der Waals surface area (Å²) in [6.07, 6.45) is 3.60. The molecule has 0 aromatic heterocycles. The van der Waals surface area contributed by atoms with Gasteiger partial charge in [0.2, 0.25) is 0 Å². The van der Waals surface area contributed by atoms with E-state index in [1.807, 2.05) is 42.9 Å². The molecule has 8 heteroatoms. The molecule has 4 N–H and O–H groups in total. The Balaban J connectivity index is 1.24. The Bertz CT molecular complexity index is 1430. The first-order chi connectivity index (χ1) is 20.4. The van der Waals surface area contributed by atoms with E-state index >= 15 is 0 Å². The Hall–Kier alpha value is -3.86. The van der Waals surface area contributed by atoms with Gasteiger partial charge in [-0.1, -0.05) is 0 Å². The number of nitrogens with two attached hydrogens (primary N) is 1. The molecule has 1 unspecified atom stereocenters. The van der Waals surface area contributed by atoms with E-state index in [2.05, 4.69) is 107 Å². The van der Waals surface area contributed by atoms with E-state index < -0.39 is 5.96 Å². The van der Waals surface area contributed by atoms with Gasteiger partial charge in [0.15, 0.2) is 0 Å². The SMILES string of the molecule is C[N+](C)=C1NC(N)=NC(c2ccc(OCCCCCP(Cl)(c3ccccc3)(c3ccccc3)c3ccccc3)cc2)N1. The van der Waals surface area contributed by atoms with Crippen LogP contribution in [0.2, 0.25) is 0 Å². The summed E-state index contributed by atoms with van der Waals surface area (Å²) >= 11 is 8.17. The third-order valence-corrected chi connectivity index (χ3v) is 15.4. The maximum atomic E-state index is 8.17. The van der Waals surface area contributed by atoms with Crippen LogP contribution in [0.5, 0.6) is 5.75 Å². The van der Waals surface area contributed by atoms with Crippen molar-refractivity contribution < 1.29 is 9.31 Å². The first-order valence-corrected chi connectivity index (χ1v) is 17.7. The number of unbranched alkanes of at least 4 members (excludes halogenated alkanes) is 2. The molecular weight excluding hydrogens is 561 g/mol. The second-order valence-electron chi connectivity index (χ2n) is 10.8. The molecule has 6 nitrogen and oxygen atoms in total. The van der Waals surface area contributed by atoms with Crippen LogP contribution < -0.4 is 37.0 Å². The first-order valence-electron chi connectivity index (χ1n) is 14.4. The Morgan fingerprint density at radius 1 is 0.762 bits per heavy atom. The zero-order valence-electron chi connectivity index (χ0n) is 24.3. The van der Waals surface area contributed by atoms with E-state index in [9.17, 15) is 0 Å². The molecule has 0 bridgehead atoms. The molecule has 42 heavy (non-hydrogen) atoms. The summed E-state index contributed by atoms with van der Waals surface area (Å²) in [5.74, 6) is -1.16. The van der Waals surface area contributed by atoms with Crippen LogP contribution in [-0.4, -0.2) is 43.4 Å². The third kappa shape index (κ3) is 6.16. The van der Waals surface area contributed by atoms with Gasteiger partial charge in [-0.15, -0.1) is 0 Å². The zero-order valence-corrected chi connectivity index (χ0v) is 25.9. The number of nitrogens with one attached hydrogen (secondary N) is 2. The van der Waals surface area contributed by atoms with Crippen LogP contribution in [-0.2, 0) is 0 Å². The molecule has 4 aromatic carbocycles. The fourth-order valence-electron chi connectivity index (χ4n) is 5.56. The zero-order chi connectivity index (χ0) is 29.4. The molecule has 0 amide bonds. The minimum atomic E-state index is -3.21. The van der Waals surface area contributed by atoms with Crippen LogP contribution in [0.1, 0.15) is 31.0 Å². The van der Waals surface area contributed by atoms with Crippen LogP contribution in [0.25, 0.3) is 0 Å². The van der Waals surface area contributed by atoms with Crippen LogP contribution in [0, 0.1) is 0 Å². The quantitative estimate of drug-likeness (QED) is 0.128. The van der Waals surface area contributed by atoms with Gasteiger partial charge in [0.1, 0.15) is 0 Å². The number of ether oxygens (including phenoxy) is 1. The minimum absolute atomic E-state index is 0.247. The third-order valence-electron chi connectivity index (χ3n) is 7.81. The van der Waals surface area contributed by atoms with Gasteiger partial charge in [0.25, 0.3) is 5.96 Å². The molecule has 0 saturated heterocycles. The fraction of sp³-hybridized carbons (Fsp3) is 0.235. The Morgan fingerprint density at radius 3 is 1.79 bits per heavy atom. The molecular formula is C34H40ClN5OP+. The first kappa shape index (κ1) is 29.6. The van der Waals surface area contributed by atoms with Gasteiger partial charge in [-0.25, -0.2) is 5.32 Å². The van der Waals surface area contributed by atoms with Crippen molar-refractivity contribution in [3.8, 4) is 5.75 Å². The van der Waals surface area contributed by atoms with E-state index in [1.54, 1.807) is 0 Å². The number of benzene rings is 4. The predicted molar refractivity (Wildman–Crippen MR) is 179 cm³/mol.